The highest BCUT2D eigenvalue weighted by Gasteiger charge is 2.14. The van der Waals surface area contributed by atoms with Crippen molar-refractivity contribution in [2.45, 2.75) is 19.9 Å². The predicted molar refractivity (Wildman–Crippen MR) is 104 cm³/mol. The maximum absolute atomic E-state index is 10.9. The largest absolute Gasteiger partial charge is 0.506 e. The molecule has 4 aromatic rings. The Labute approximate surface area is 164 Å². The van der Waals surface area contributed by atoms with Gasteiger partial charge >= 0.3 is 5.97 Å². The highest BCUT2D eigenvalue weighted by atomic mass is 35.5. The Morgan fingerprint density at radius 1 is 1.21 bits per heavy atom. The Morgan fingerprint density at radius 3 is 2.75 bits per heavy atom. The van der Waals surface area contributed by atoms with Gasteiger partial charge in [0.2, 0.25) is 5.82 Å². The molecular formula is C20H16ClN3O4. The number of aryl methyl sites for hydroxylation is 2. The first-order valence-corrected chi connectivity index (χ1v) is 8.94. The summed E-state index contributed by atoms with van der Waals surface area (Å²) < 4.78 is 7.27. The summed E-state index contributed by atoms with van der Waals surface area (Å²) in [6.07, 6.45) is 2.01. The van der Waals surface area contributed by atoms with Crippen LogP contribution in [0.25, 0.3) is 33.7 Å². The van der Waals surface area contributed by atoms with Gasteiger partial charge in [0.1, 0.15) is 5.75 Å². The molecule has 2 heterocycles. The predicted octanol–water partition coefficient (Wildman–Crippen LogP) is 4.50. The van der Waals surface area contributed by atoms with Crippen LogP contribution < -0.4 is 0 Å². The third-order valence-electron chi connectivity index (χ3n) is 4.53. The highest BCUT2D eigenvalue weighted by molar-refractivity contribution is 6.32. The second-order valence-corrected chi connectivity index (χ2v) is 6.88. The summed E-state index contributed by atoms with van der Waals surface area (Å²) in [4.78, 5) is 15.3. The van der Waals surface area contributed by atoms with Gasteiger partial charge < -0.3 is 19.3 Å². The van der Waals surface area contributed by atoms with E-state index < -0.39 is 5.97 Å². The van der Waals surface area contributed by atoms with Crippen molar-refractivity contribution in [2.24, 2.45) is 0 Å². The molecule has 0 spiro atoms. The Bertz CT molecular complexity index is 1200. The molecule has 0 fully saturated rings. The van der Waals surface area contributed by atoms with Crippen molar-refractivity contribution in [1.29, 1.82) is 0 Å². The van der Waals surface area contributed by atoms with Crippen LogP contribution in [0.3, 0.4) is 0 Å². The summed E-state index contributed by atoms with van der Waals surface area (Å²) in [5.74, 6) is -0.116. The zero-order valence-corrected chi connectivity index (χ0v) is 15.6. The fourth-order valence-electron chi connectivity index (χ4n) is 3.11. The molecule has 0 aliphatic rings. The monoisotopic (exact) mass is 397 g/mol. The van der Waals surface area contributed by atoms with Gasteiger partial charge in [-0.1, -0.05) is 16.8 Å². The molecule has 0 unspecified atom stereocenters. The van der Waals surface area contributed by atoms with E-state index >= 15 is 0 Å². The summed E-state index contributed by atoms with van der Waals surface area (Å²) in [5, 5.41) is 23.7. The number of aromatic nitrogens is 3. The molecule has 8 heteroatoms. The van der Waals surface area contributed by atoms with Crippen molar-refractivity contribution in [1.82, 2.24) is 14.7 Å². The van der Waals surface area contributed by atoms with Crippen molar-refractivity contribution in [3.63, 3.8) is 0 Å². The molecule has 28 heavy (non-hydrogen) atoms. The van der Waals surface area contributed by atoms with Crippen LogP contribution in [0.1, 0.15) is 12.0 Å². The number of hydrogen-bond donors (Lipinski definition) is 2. The average molecular weight is 398 g/mol. The Balaban J connectivity index is 1.68. The van der Waals surface area contributed by atoms with Crippen LogP contribution in [-0.2, 0) is 11.3 Å². The average Bonchev–Trinajstić information content (AvgIpc) is 3.27. The maximum atomic E-state index is 10.9. The number of aliphatic carboxylic acids is 1. The summed E-state index contributed by atoms with van der Waals surface area (Å²) in [6, 6.07) is 10.4. The fourth-order valence-corrected chi connectivity index (χ4v) is 3.29. The van der Waals surface area contributed by atoms with Crippen molar-refractivity contribution < 1.29 is 19.5 Å². The van der Waals surface area contributed by atoms with Crippen LogP contribution in [0, 0.1) is 6.92 Å². The summed E-state index contributed by atoms with van der Waals surface area (Å²) in [7, 11) is 0. The van der Waals surface area contributed by atoms with E-state index in [0.717, 1.165) is 22.0 Å². The third-order valence-corrected chi connectivity index (χ3v) is 4.83. The van der Waals surface area contributed by atoms with Crippen LogP contribution in [-0.4, -0.2) is 30.9 Å². The van der Waals surface area contributed by atoms with E-state index in [2.05, 4.69) is 10.1 Å². The fraction of sp³-hybridized carbons (Fsp3) is 0.150. The zero-order chi connectivity index (χ0) is 19.8. The number of carboxylic acids is 1. The molecule has 0 radical (unpaired) electrons. The van der Waals surface area contributed by atoms with Crippen molar-refractivity contribution >= 4 is 28.5 Å². The minimum absolute atomic E-state index is 0.0153. The molecule has 0 saturated carbocycles. The smallest absolute Gasteiger partial charge is 0.305 e. The number of hydrogen-bond acceptors (Lipinski definition) is 5. The number of fused-ring (bicyclic) bond motifs is 1. The van der Waals surface area contributed by atoms with E-state index in [1.807, 2.05) is 35.9 Å². The lowest BCUT2D eigenvalue weighted by Gasteiger charge is -2.03. The SMILES string of the molecule is Cc1cn(CCC(=O)O)c2ccc(-c3noc(-c4ccc(O)c(Cl)c4)n3)cc12. The van der Waals surface area contributed by atoms with Gasteiger partial charge in [-0.15, -0.1) is 0 Å². The molecule has 7 nitrogen and oxygen atoms in total. The van der Waals surface area contributed by atoms with E-state index in [4.69, 9.17) is 21.2 Å². The molecule has 2 aromatic heterocycles. The molecule has 0 aliphatic heterocycles. The van der Waals surface area contributed by atoms with Gasteiger partial charge in [0.05, 0.1) is 11.4 Å². The molecule has 0 amide bonds. The molecule has 142 valence electrons. The number of halogens is 1. The van der Waals surface area contributed by atoms with E-state index in [1.54, 1.807) is 12.1 Å². The summed E-state index contributed by atoms with van der Waals surface area (Å²) in [5.41, 5.74) is 3.39. The first-order chi connectivity index (χ1) is 13.4. The van der Waals surface area contributed by atoms with Crippen LogP contribution in [0.4, 0.5) is 0 Å². The number of benzene rings is 2. The third kappa shape index (κ3) is 3.32. The minimum atomic E-state index is -0.829. The Morgan fingerprint density at radius 2 is 2.00 bits per heavy atom. The summed E-state index contributed by atoms with van der Waals surface area (Å²) >= 11 is 5.94. The molecular weight excluding hydrogens is 382 g/mol. The minimum Gasteiger partial charge on any atom is -0.506 e. The van der Waals surface area contributed by atoms with Crippen LogP contribution in [0.2, 0.25) is 5.02 Å². The zero-order valence-electron chi connectivity index (χ0n) is 14.9. The lowest BCUT2D eigenvalue weighted by Crippen LogP contribution is -2.03. The van der Waals surface area contributed by atoms with E-state index in [0.29, 0.717) is 23.8 Å². The van der Waals surface area contributed by atoms with E-state index in [9.17, 15) is 9.90 Å². The number of phenols is 1. The quantitative estimate of drug-likeness (QED) is 0.514. The number of phenolic OH excluding ortho intramolecular Hbond substituents is 1. The number of carbonyl (C=O) groups is 1. The van der Waals surface area contributed by atoms with Gasteiger partial charge in [0.25, 0.3) is 5.89 Å². The molecule has 4 rings (SSSR count). The second-order valence-electron chi connectivity index (χ2n) is 6.47. The first kappa shape index (κ1) is 18.1. The molecule has 2 aromatic carbocycles. The van der Waals surface area contributed by atoms with Gasteiger partial charge in [-0.3, -0.25) is 4.79 Å². The van der Waals surface area contributed by atoms with Gasteiger partial charge in [0.15, 0.2) is 0 Å². The van der Waals surface area contributed by atoms with E-state index in [-0.39, 0.29) is 17.2 Å². The first-order valence-electron chi connectivity index (χ1n) is 8.56. The van der Waals surface area contributed by atoms with Gasteiger partial charge in [-0.2, -0.15) is 4.98 Å². The Kier molecular flexibility index (Phi) is 4.52. The normalized spacial score (nSPS) is 11.2. The van der Waals surface area contributed by atoms with Gasteiger partial charge in [-0.05, 0) is 48.9 Å². The number of aromatic hydroxyl groups is 1. The number of carboxylic acid groups (broad SMARTS) is 1. The van der Waals surface area contributed by atoms with Gasteiger partial charge in [-0.25, -0.2) is 0 Å². The lowest BCUT2D eigenvalue weighted by atomic mass is 10.1. The second kappa shape index (κ2) is 7.01. The van der Waals surface area contributed by atoms with Crippen LogP contribution in [0.5, 0.6) is 5.75 Å². The van der Waals surface area contributed by atoms with Crippen molar-refractivity contribution in [3.05, 3.63) is 53.2 Å². The highest BCUT2D eigenvalue weighted by Crippen LogP contribution is 2.31. The number of nitrogens with zero attached hydrogens (tertiary/aromatic N) is 3. The maximum Gasteiger partial charge on any atom is 0.305 e. The summed E-state index contributed by atoms with van der Waals surface area (Å²) in [6.45, 7) is 2.39. The molecule has 0 bridgehead atoms. The molecule has 2 N–H and O–H groups in total. The molecule has 0 aliphatic carbocycles. The lowest BCUT2D eigenvalue weighted by molar-refractivity contribution is -0.137. The van der Waals surface area contributed by atoms with Crippen LogP contribution in [0.15, 0.2) is 47.1 Å². The molecule has 0 saturated heterocycles. The van der Waals surface area contributed by atoms with Gasteiger partial charge in [0, 0.05) is 34.8 Å². The standard InChI is InChI=1S/C20H16ClN3O4/c1-11-10-24(7-6-18(26)27)16-4-2-12(8-14(11)16)19-22-20(28-23-19)13-3-5-17(25)15(21)9-13/h2-5,8-10,25H,6-7H2,1H3,(H,26,27). The number of rotatable bonds is 5. The molecule has 0 atom stereocenters. The Hall–Kier alpha value is -3.32. The topological polar surface area (TPSA) is 101 Å². The van der Waals surface area contributed by atoms with E-state index in [1.165, 1.54) is 6.07 Å². The van der Waals surface area contributed by atoms with Crippen molar-refractivity contribution in [2.75, 3.05) is 0 Å². The van der Waals surface area contributed by atoms with Crippen LogP contribution >= 0.6 is 11.6 Å². The van der Waals surface area contributed by atoms with Crippen molar-refractivity contribution in [3.8, 4) is 28.6 Å².